The predicted octanol–water partition coefficient (Wildman–Crippen LogP) is -1.10. The number of phenolic OH excluding ortho intramolecular Hbond substituents is 1. The lowest BCUT2D eigenvalue weighted by molar-refractivity contribution is -0.128. The van der Waals surface area contributed by atoms with Crippen LogP contribution in [0.1, 0.15) is 29.5 Å². The summed E-state index contributed by atoms with van der Waals surface area (Å²) in [5.41, 5.74) is 24.2. The molecule has 1 rings (SSSR count). The molecular weight excluding hydrogens is 336 g/mol. The van der Waals surface area contributed by atoms with E-state index in [0.717, 1.165) is 16.7 Å². The number of benzene rings is 1. The maximum atomic E-state index is 12.2. The van der Waals surface area contributed by atoms with Crippen molar-refractivity contribution >= 4 is 17.8 Å². The Labute approximate surface area is 152 Å². The molecule has 0 bridgehead atoms. The highest BCUT2D eigenvalue weighted by Gasteiger charge is 2.23. The topological polar surface area (TPSA) is 183 Å². The SMILES string of the molecule is Cc1cc(O)cc(C)c1C[C@H](NC(=O)[C@H](N)CCCN=C(N)N)C(N)=O. The normalized spacial score (nSPS) is 12.9. The second-order valence-corrected chi connectivity index (χ2v) is 6.28. The summed E-state index contributed by atoms with van der Waals surface area (Å²) in [6.45, 7) is 4.00. The van der Waals surface area contributed by atoms with Gasteiger partial charge in [0, 0.05) is 13.0 Å². The number of aliphatic imine (C=N–C) groups is 1. The highest BCUT2D eigenvalue weighted by molar-refractivity contribution is 5.89. The van der Waals surface area contributed by atoms with Crippen molar-refractivity contribution in [2.75, 3.05) is 6.54 Å². The highest BCUT2D eigenvalue weighted by Crippen LogP contribution is 2.22. The van der Waals surface area contributed by atoms with Crippen LogP contribution in [0.25, 0.3) is 0 Å². The van der Waals surface area contributed by atoms with Crippen LogP contribution in [0.5, 0.6) is 5.75 Å². The number of amides is 2. The van der Waals surface area contributed by atoms with Crippen LogP contribution in [0.15, 0.2) is 17.1 Å². The molecule has 0 heterocycles. The zero-order chi connectivity index (χ0) is 19.9. The van der Waals surface area contributed by atoms with Crippen molar-refractivity contribution < 1.29 is 14.7 Å². The Morgan fingerprint density at radius 2 is 1.77 bits per heavy atom. The summed E-state index contributed by atoms with van der Waals surface area (Å²) in [7, 11) is 0. The zero-order valence-electron chi connectivity index (χ0n) is 15.2. The third kappa shape index (κ3) is 6.60. The first-order chi connectivity index (χ1) is 12.1. The average molecular weight is 364 g/mol. The maximum absolute atomic E-state index is 12.2. The zero-order valence-corrected chi connectivity index (χ0v) is 15.2. The second-order valence-electron chi connectivity index (χ2n) is 6.28. The van der Waals surface area contributed by atoms with E-state index in [1.807, 2.05) is 13.8 Å². The maximum Gasteiger partial charge on any atom is 0.240 e. The van der Waals surface area contributed by atoms with E-state index in [9.17, 15) is 14.7 Å². The molecule has 0 aliphatic rings. The number of guanidine groups is 1. The number of nitrogens with zero attached hydrogens (tertiary/aromatic N) is 1. The molecule has 1 aromatic carbocycles. The number of nitrogens with two attached hydrogens (primary N) is 4. The number of nitrogens with one attached hydrogen (secondary N) is 1. The summed E-state index contributed by atoms with van der Waals surface area (Å²) in [4.78, 5) is 27.8. The Kier molecular flexibility index (Phi) is 7.85. The molecule has 0 saturated heterocycles. The van der Waals surface area contributed by atoms with Gasteiger partial charge in [-0.3, -0.25) is 14.6 Å². The number of carbonyl (C=O) groups is 2. The first-order valence-corrected chi connectivity index (χ1v) is 8.31. The van der Waals surface area contributed by atoms with Gasteiger partial charge in [0.2, 0.25) is 11.8 Å². The lowest BCUT2D eigenvalue weighted by Crippen LogP contribution is -2.51. The van der Waals surface area contributed by atoms with Crippen LogP contribution in [0, 0.1) is 13.8 Å². The van der Waals surface area contributed by atoms with Gasteiger partial charge in [0.05, 0.1) is 6.04 Å². The van der Waals surface area contributed by atoms with Gasteiger partial charge in [-0.15, -0.1) is 0 Å². The van der Waals surface area contributed by atoms with Gasteiger partial charge in [0.25, 0.3) is 0 Å². The molecule has 2 amide bonds. The molecular formula is C17H28N6O3. The molecule has 2 atom stereocenters. The van der Waals surface area contributed by atoms with Crippen LogP contribution in [0.3, 0.4) is 0 Å². The first-order valence-electron chi connectivity index (χ1n) is 8.31. The standard InChI is InChI=1S/C17H28N6O3/c1-9-6-11(24)7-10(2)12(9)8-14(15(19)25)23-16(26)13(18)4-3-5-22-17(20)21/h6-7,13-14,24H,3-5,8,18H2,1-2H3,(H2,19,25)(H,23,26)(H4,20,21,22)/t13-,14+/m1/s1. The fraction of sp³-hybridized carbons (Fsp3) is 0.471. The van der Waals surface area contributed by atoms with E-state index in [1.165, 1.54) is 0 Å². The Balaban J connectivity index is 2.72. The van der Waals surface area contributed by atoms with Gasteiger partial charge in [0.15, 0.2) is 5.96 Å². The van der Waals surface area contributed by atoms with E-state index < -0.39 is 23.9 Å². The van der Waals surface area contributed by atoms with Gasteiger partial charge >= 0.3 is 0 Å². The van der Waals surface area contributed by atoms with Gasteiger partial charge in [-0.1, -0.05) is 0 Å². The van der Waals surface area contributed by atoms with Gasteiger partial charge in [-0.25, -0.2) is 0 Å². The number of carbonyl (C=O) groups excluding carboxylic acids is 2. The second kappa shape index (κ2) is 9.62. The minimum Gasteiger partial charge on any atom is -0.508 e. The number of hydrogen-bond donors (Lipinski definition) is 6. The van der Waals surface area contributed by atoms with Gasteiger partial charge < -0.3 is 33.4 Å². The number of aryl methyl sites for hydroxylation is 2. The average Bonchev–Trinajstić information content (AvgIpc) is 2.52. The van der Waals surface area contributed by atoms with E-state index in [-0.39, 0.29) is 18.1 Å². The highest BCUT2D eigenvalue weighted by atomic mass is 16.3. The summed E-state index contributed by atoms with van der Waals surface area (Å²) in [6.07, 6.45) is 1.12. The smallest absolute Gasteiger partial charge is 0.240 e. The molecule has 0 unspecified atom stereocenters. The number of hydrogen-bond acceptors (Lipinski definition) is 5. The molecule has 9 nitrogen and oxygen atoms in total. The summed E-state index contributed by atoms with van der Waals surface area (Å²) in [5.74, 6) is -0.992. The lowest BCUT2D eigenvalue weighted by atomic mass is 9.95. The first kappa shape index (κ1) is 21.2. The number of aromatic hydroxyl groups is 1. The molecule has 144 valence electrons. The Bertz CT molecular complexity index is 662. The molecule has 9 heteroatoms. The molecule has 0 aromatic heterocycles. The summed E-state index contributed by atoms with van der Waals surface area (Å²) >= 11 is 0. The largest absolute Gasteiger partial charge is 0.508 e. The number of rotatable bonds is 9. The monoisotopic (exact) mass is 364 g/mol. The van der Waals surface area contributed by atoms with Crippen molar-refractivity contribution in [3.05, 3.63) is 28.8 Å². The Hall–Kier alpha value is -2.81. The van der Waals surface area contributed by atoms with Crippen LogP contribution in [-0.2, 0) is 16.0 Å². The van der Waals surface area contributed by atoms with Crippen LogP contribution < -0.4 is 28.3 Å². The van der Waals surface area contributed by atoms with E-state index >= 15 is 0 Å². The Morgan fingerprint density at radius 3 is 2.27 bits per heavy atom. The van der Waals surface area contributed by atoms with Crippen molar-refractivity contribution in [3.63, 3.8) is 0 Å². The lowest BCUT2D eigenvalue weighted by Gasteiger charge is -2.20. The van der Waals surface area contributed by atoms with Crippen molar-refractivity contribution in [1.82, 2.24) is 5.32 Å². The third-order valence-electron chi connectivity index (χ3n) is 4.05. The van der Waals surface area contributed by atoms with Crippen molar-refractivity contribution in [1.29, 1.82) is 0 Å². The summed E-state index contributed by atoms with van der Waals surface area (Å²) < 4.78 is 0. The summed E-state index contributed by atoms with van der Waals surface area (Å²) in [6, 6.07) is 1.50. The third-order valence-corrected chi connectivity index (χ3v) is 4.05. The van der Waals surface area contributed by atoms with Crippen LogP contribution in [-0.4, -0.2) is 41.5 Å². The molecule has 10 N–H and O–H groups in total. The quantitative estimate of drug-likeness (QED) is 0.183. The molecule has 0 spiro atoms. The van der Waals surface area contributed by atoms with E-state index in [4.69, 9.17) is 22.9 Å². The molecule has 0 radical (unpaired) electrons. The summed E-state index contributed by atoms with van der Waals surface area (Å²) in [5, 5.41) is 12.2. The van der Waals surface area contributed by atoms with Crippen LogP contribution in [0.2, 0.25) is 0 Å². The Morgan fingerprint density at radius 1 is 1.19 bits per heavy atom. The molecule has 0 saturated carbocycles. The van der Waals surface area contributed by atoms with Crippen LogP contribution >= 0.6 is 0 Å². The van der Waals surface area contributed by atoms with E-state index in [2.05, 4.69) is 10.3 Å². The fourth-order valence-electron chi connectivity index (χ4n) is 2.65. The van der Waals surface area contributed by atoms with Gasteiger partial charge in [0.1, 0.15) is 11.8 Å². The minimum absolute atomic E-state index is 0.0172. The molecule has 26 heavy (non-hydrogen) atoms. The van der Waals surface area contributed by atoms with E-state index in [1.54, 1.807) is 12.1 Å². The van der Waals surface area contributed by atoms with Crippen molar-refractivity contribution in [2.45, 2.75) is 45.2 Å². The number of primary amides is 1. The minimum atomic E-state index is -0.895. The number of phenols is 1. The predicted molar refractivity (Wildman–Crippen MR) is 100 cm³/mol. The van der Waals surface area contributed by atoms with Crippen LogP contribution in [0.4, 0.5) is 0 Å². The molecule has 0 fully saturated rings. The van der Waals surface area contributed by atoms with Gasteiger partial charge in [-0.2, -0.15) is 0 Å². The molecule has 0 aliphatic heterocycles. The molecule has 1 aromatic rings. The van der Waals surface area contributed by atoms with Crippen molar-refractivity contribution in [3.8, 4) is 5.75 Å². The van der Waals surface area contributed by atoms with Gasteiger partial charge in [-0.05, 0) is 55.5 Å². The molecule has 0 aliphatic carbocycles. The van der Waals surface area contributed by atoms with E-state index in [0.29, 0.717) is 19.4 Å². The fourth-order valence-corrected chi connectivity index (χ4v) is 2.65. The van der Waals surface area contributed by atoms with Crippen molar-refractivity contribution in [2.24, 2.45) is 27.9 Å².